The predicted molar refractivity (Wildman–Crippen MR) is 102 cm³/mol. The van der Waals surface area contributed by atoms with Crippen molar-refractivity contribution in [1.82, 2.24) is 4.90 Å². The lowest BCUT2D eigenvalue weighted by Crippen LogP contribution is -2.41. The molecule has 28 heavy (non-hydrogen) atoms. The highest BCUT2D eigenvalue weighted by Gasteiger charge is 2.27. The van der Waals surface area contributed by atoms with E-state index in [-0.39, 0.29) is 17.9 Å². The largest absolute Gasteiger partial charge is 0.326 e. The van der Waals surface area contributed by atoms with Crippen molar-refractivity contribution in [2.24, 2.45) is 0 Å². The molecular weight excluding hydrogens is 364 g/mol. The first-order chi connectivity index (χ1) is 13.5. The van der Waals surface area contributed by atoms with Crippen molar-refractivity contribution < 1.29 is 18.4 Å². The monoisotopic (exact) mass is 385 g/mol. The number of hydrogen-bond donors (Lipinski definition) is 2. The lowest BCUT2D eigenvalue weighted by molar-refractivity contribution is -0.116. The van der Waals surface area contributed by atoms with Crippen LogP contribution in [0.15, 0.2) is 36.4 Å². The zero-order chi connectivity index (χ0) is 19.7. The summed E-state index contributed by atoms with van der Waals surface area (Å²) in [4.78, 5) is 25.8. The van der Waals surface area contributed by atoms with Crippen molar-refractivity contribution >= 4 is 23.3 Å². The van der Waals surface area contributed by atoms with Crippen molar-refractivity contribution in [3.63, 3.8) is 0 Å². The third-order valence-corrected chi connectivity index (χ3v) is 5.36. The fourth-order valence-electron chi connectivity index (χ4n) is 3.91. The van der Waals surface area contributed by atoms with Crippen LogP contribution in [0.3, 0.4) is 0 Å². The summed E-state index contributed by atoms with van der Waals surface area (Å²) in [6, 6.07) is 8.58. The number of anilines is 2. The van der Waals surface area contributed by atoms with Gasteiger partial charge in [0.15, 0.2) is 0 Å². The molecule has 0 radical (unpaired) electrons. The van der Waals surface area contributed by atoms with Gasteiger partial charge < -0.3 is 15.5 Å². The van der Waals surface area contributed by atoms with Gasteiger partial charge in [-0.1, -0.05) is 0 Å². The molecule has 2 heterocycles. The van der Waals surface area contributed by atoms with E-state index < -0.39 is 11.6 Å². The molecule has 0 saturated carbocycles. The summed E-state index contributed by atoms with van der Waals surface area (Å²) >= 11 is 0. The Labute approximate surface area is 161 Å². The first-order valence-electron chi connectivity index (χ1n) is 9.43. The number of piperidine rings is 1. The van der Waals surface area contributed by atoms with E-state index in [0.717, 1.165) is 29.8 Å². The number of likely N-dealkylation sites (tertiary alicyclic amines) is 1. The van der Waals surface area contributed by atoms with Gasteiger partial charge in [-0.3, -0.25) is 4.79 Å². The van der Waals surface area contributed by atoms with E-state index in [2.05, 4.69) is 10.6 Å². The van der Waals surface area contributed by atoms with E-state index in [4.69, 9.17) is 0 Å². The zero-order valence-electron chi connectivity index (χ0n) is 15.3. The number of carbonyl (C=O) groups excluding carboxylic acids is 2. The summed E-state index contributed by atoms with van der Waals surface area (Å²) in [5, 5.41) is 5.69. The number of benzene rings is 2. The predicted octanol–water partition coefficient (Wildman–Crippen LogP) is 4.26. The Balaban J connectivity index is 1.45. The number of nitrogens with one attached hydrogen (secondary N) is 2. The highest BCUT2D eigenvalue weighted by atomic mass is 19.1. The summed E-state index contributed by atoms with van der Waals surface area (Å²) in [6.07, 6.45) is 2.50. The number of fused-ring (bicyclic) bond motifs is 1. The Morgan fingerprint density at radius 3 is 2.86 bits per heavy atom. The summed E-state index contributed by atoms with van der Waals surface area (Å²) in [7, 11) is 0. The van der Waals surface area contributed by atoms with Gasteiger partial charge in [0.25, 0.3) is 0 Å². The molecule has 146 valence electrons. The Kier molecular flexibility index (Phi) is 4.98. The van der Waals surface area contributed by atoms with Gasteiger partial charge in [0.2, 0.25) is 5.91 Å². The van der Waals surface area contributed by atoms with Crippen LogP contribution in [-0.4, -0.2) is 29.9 Å². The van der Waals surface area contributed by atoms with Gasteiger partial charge in [-0.25, -0.2) is 13.6 Å². The van der Waals surface area contributed by atoms with Crippen LogP contribution in [0.2, 0.25) is 0 Å². The number of hydrogen-bond acceptors (Lipinski definition) is 2. The van der Waals surface area contributed by atoms with Crippen LogP contribution in [-0.2, 0) is 11.2 Å². The molecule has 0 aromatic heterocycles. The molecule has 1 fully saturated rings. The highest BCUT2D eigenvalue weighted by molar-refractivity contribution is 5.95. The van der Waals surface area contributed by atoms with Crippen LogP contribution in [0.1, 0.15) is 36.3 Å². The van der Waals surface area contributed by atoms with E-state index in [9.17, 15) is 18.4 Å². The van der Waals surface area contributed by atoms with E-state index in [1.807, 2.05) is 6.07 Å². The molecule has 2 aromatic carbocycles. The number of aryl methyl sites for hydroxylation is 1. The zero-order valence-corrected chi connectivity index (χ0v) is 15.3. The molecule has 2 aromatic rings. The highest BCUT2D eigenvalue weighted by Crippen LogP contribution is 2.30. The average Bonchev–Trinajstić information content (AvgIpc) is 2.70. The number of urea groups is 1. The molecule has 0 bridgehead atoms. The molecule has 4 rings (SSSR count). The summed E-state index contributed by atoms with van der Waals surface area (Å²) in [6.45, 7) is 0.910. The van der Waals surface area contributed by atoms with Crippen molar-refractivity contribution in [3.8, 4) is 0 Å². The Morgan fingerprint density at radius 2 is 2.00 bits per heavy atom. The van der Waals surface area contributed by atoms with Crippen molar-refractivity contribution in [1.29, 1.82) is 0 Å². The molecule has 2 aliphatic heterocycles. The van der Waals surface area contributed by atoms with Gasteiger partial charge >= 0.3 is 6.03 Å². The van der Waals surface area contributed by atoms with Crippen molar-refractivity contribution in [2.75, 3.05) is 23.7 Å². The first-order valence-corrected chi connectivity index (χ1v) is 9.43. The van der Waals surface area contributed by atoms with Gasteiger partial charge in [-0.05, 0) is 66.8 Å². The van der Waals surface area contributed by atoms with Gasteiger partial charge in [0, 0.05) is 36.8 Å². The number of halogens is 2. The minimum absolute atomic E-state index is 0.00627. The van der Waals surface area contributed by atoms with Crippen LogP contribution in [0.25, 0.3) is 0 Å². The van der Waals surface area contributed by atoms with E-state index >= 15 is 0 Å². The van der Waals surface area contributed by atoms with Crippen molar-refractivity contribution in [2.45, 2.75) is 31.6 Å². The first kappa shape index (κ1) is 18.4. The normalized spacial score (nSPS) is 19.0. The number of amides is 3. The van der Waals surface area contributed by atoms with Crippen LogP contribution in [0, 0.1) is 11.6 Å². The van der Waals surface area contributed by atoms with Crippen LogP contribution in [0.4, 0.5) is 25.0 Å². The maximum Gasteiger partial charge on any atom is 0.321 e. The lowest BCUT2D eigenvalue weighted by atomic mass is 9.90. The molecule has 0 aliphatic carbocycles. The summed E-state index contributed by atoms with van der Waals surface area (Å²) in [5.74, 6) is -1.15. The van der Waals surface area contributed by atoms with E-state index in [1.54, 1.807) is 17.0 Å². The lowest BCUT2D eigenvalue weighted by Gasteiger charge is -2.33. The number of nitrogens with zero attached hydrogens (tertiary/aromatic N) is 1. The SMILES string of the molecule is O=C1CCc2cc(NC(=O)N3CCCC(c4cc(F)ccc4F)C3)ccc2N1. The number of carbonyl (C=O) groups is 2. The van der Waals surface area contributed by atoms with Crippen LogP contribution < -0.4 is 10.6 Å². The second-order valence-corrected chi connectivity index (χ2v) is 7.30. The number of rotatable bonds is 2. The molecule has 2 aliphatic rings. The van der Waals surface area contributed by atoms with Crippen LogP contribution >= 0.6 is 0 Å². The Bertz CT molecular complexity index is 932. The molecule has 2 N–H and O–H groups in total. The third kappa shape index (κ3) is 3.83. The molecular formula is C21H21F2N3O2. The summed E-state index contributed by atoms with van der Waals surface area (Å²) < 4.78 is 27.6. The molecule has 7 heteroatoms. The summed E-state index contributed by atoms with van der Waals surface area (Å²) in [5.41, 5.74) is 2.73. The third-order valence-electron chi connectivity index (χ3n) is 5.36. The fraction of sp³-hybridized carbons (Fsp3) is 0.333. The molecule has 3 amide bonds. The van der Waals surface area contributed by atoms with Gasteiger partial charge in [0.05, 0.1) is 0 Å². The molecule has 5 nitrogen and oxygen atoms in total. The average molecular weight is 385 g/mol. The quantitative estimate of drug-likeness (QED) is 0.811. The Morgan fingerprint density at radius 1 is 1.14 bits per heavy atom. The van der Waals surface area contributed by atoms with Crippen molar-refractivity contribution in [3.05, 3.63) is 59.2 Å². The second kappa shape index (κ2) is 7.58. The van der Waals surface area contributed by atoms with Gasteiger partial charge in [0.1, 0.15) is 11.6 Å². The Hall–Kier alpha value is -2.96. The van der Waals surface area contributed by atoms with E-state index in [1.165, 1.54) is 6.07 Å². The van der Waals surface area contributed by atoms with E-state index in [0.29, 0.717) is 43.6 Å². The minimum atomic E-state index is -0.473. The second-order valence-electron chi connectivity index (χ2n) is 7.30. The molecule has 1 unspecified atom stereocenters. The molecule has 1 atom stereocenters. The van der Waals surface area contributed by atoms with Crippen LogP contribution in [0.5, 0.6) is 0 Å². The maximum absolute atomic E-state index is 14.1. The van der Waals surface area contributed by atoms with Gasteiger partial charge in [-0.2, -0.15) is 0 Å². The van der Waals surface area contributed by atoms with Gasteiger partial charge in [-0.15, -0.1) is 0 Å². The minimum Gasteiger partial charge on any atom is -0.326 e. The molecule has 0 spiro atoms. The standard InChI is InChI=1S/C21H21F2N3O2/c22-15-4-6-18(23)17(11-15)14-2-1-9-26(12-14)21(28)24-16-5-7-19-13(10-16)3-8-20(27)25-19/h4-7,10-11,14H,1-3,8-9,12H2,(H,24,28)(H,25,27). The topological polar surface area (TPSA) is 61.4 Å². The fourth-order valence-corrected chi connectivity index (χ4v) is 3.91. The maximum atomic E-state index is 14.1. The smallest absolute Gasteiger partial charge is 0.321 e. The molecule has 1 saturated heterocycles.